The van der Waals surface area contributed by atoms with E-state index in [1.165, 1.54) is 0 Å². The molecule has 1 aliphatic carbocycles. The highest BCUT2D eigenvalue weighted by molar-refractivity contribution is 14.1. The van der Waals surface area contributed by atoms with Crippen molar-refractivity contribution in [3.05, 3.63) is 98.6 Å². The summed E-state index contributed by atoms with van der Waals surface area (Å²) in [7, 11) is 0. The quantitative estimate of drug-likeness (QED) is 0.240. The number of nitrogens with zero attached hydrogens (tertiary/aromatic N) is 1. The van der Waals surface area contributed by atoms with Gasteiger partial charge < -0.3 is 4.74 Å². The summed E-state index contributed by atoms with van der Waals surface area (Å²) in [5.41, 5.74) is 0.612. The van der Waals surface area contributed by atoms with Crippen LogP contribution in [0.3, 0.4) is 0 Å². The molecule has 3 atom stereocenters. The third-order valence-corrected chi connectivity index (χ3v) is 8.46. The van der Waals surface area contributed by atoms with E-state index in [9.17, 15) is 19.2 Å². The number of rotatable bonds is 3. The Morgan fingerprint density at radius 1 is 0.806 bits per heavy atom. The number of para-hydroxylation sites is 1. The number of imide groups is 1. The summed E-state index contributed by atoms with van der Waals surface area (Å²) in [5.74, 6) is -4.08. The molecule has 2 heterocycles. The minimum absolute atomic E-state index is 0.227. The van der Waals surface area contributed by atoms with E-state index in [4.69, 9.17) is 4.74 Å². The molecule has 3 aromatic rings. The Morgan fingerprint density at radius 2 is 1.39 bits per heavy atom. The number of ether oxygens (including phenoxy) is 1. The Labute approximate surface area is 221 Å². The molecular weight excluding hydrogens is 569 g/mol. The van der Waals surface area contributed by atoms with Crippen LogP contribution < -0.4 is 4.90 Å². The molecule has 3 aliphatic rings. The van der Waals surface area contributed by atoms with Crippen LogP contribution in [0.2, 0.25) is 0 Å². The summed E-state index contributed by atoms with van der Waals surface area (Å²) in [5, 5.41) is 0. The molecule has 0 bridgehead atoms. The number of benzene rings is 3. The van der Waals surface area contributed by atoms with Gasteiger partial charge in [-0.25, -0.2) is 4.90 Å². The number of Topliss-reactive ketones (excluding diaryl/α,β-unsaturated/α-hetero) is 2. The van der Waals surface area contributed by atoms with Crippen molar-refractivity contribution in [2.24, 2.45) is 11.8 Å². The smallest absolute Gasteiger partial charge is 0.241 e. The first-order valence-electron chi connectivity index (χ1n) is 11.9. The number of carbonyl (C=O) groups is 4. The average Bonchev–Trinajstić information content (AvgIpc) is 3.45. The van der Waals surface area contributed by atoms with Gasteiger partial charge in [0.25, 0.3) is 0 Å². The molecule has 2 saturated heterocycles. The highest BCUT2D eigenvalue weighted by atomic mass is 127. The van der Waals surface area contributed by atoms with Gasteiger partial charge >= 0.3 is 0 Å². The molecule has 6 rings (SSSR count). The lowest BCUT2D eigenvalue weighted by atomic mass is 9.77. The molecule has 0 N–H and O–H groups in total. The van der Waals surface area contributed by atoms with Gasteiger partial charge in [-0.05, 0) is 51.8 Å². The van der Waals surface area contributed by atoms with Crippen molar-refractivity contribution in [1.29, 1.82) is 0 Å². The number of ketones is 2. The monoisotopic (exact) mass is 591 g/mol. The zero-order valence-electron chi connectivity index (χ0n) is 19.6. The maximum atomic E-state index is 14.0. The molecule has 0 radical (unpaired) electrons. The summed E-state index contributed by atoms with van der Waals surface area (Å²) in [6.07, 6.45) is -0.916. The van der Waals surface area contributed by atoms with E-state index in [1.807, 2.05) is 30.3 Å². The Balaban J connectivity index is 1.53. The zero-order chi connectivity index (χ0) is 25.4. The summed E-state index contributed by atoms with van der Waals surface area (Å²) in [6.45, 7) is 4.16. The number of halogens is 1. The fourth-order valence-corrected chi connectivity index (χ4v) is 6.39. The lowest BCUT2D eigenvalue weighted by molar-refractivity contribution is -0.127. The van der Waals surface area contributed by atoms with E-state index in [0.29, 0.717) is 17.2 Å². The zero-order valence-corrected chi connectivity index (χ0v) is 21.8. The van der Waals surface area contributed by atoms with Gasteiger partial charge in [-0.1, -0.05) is 74.5 Å². The second-order valence-corrected chi connectivity index (χ2v) is 10.9. The van der Waals surface area contributed by atoms with Crippen LogP contribution in [0.25, 0.3) is 0 Å². The van der Waals surface area contributed by atoms with Crippen molar-refractivity contribution in [3.63, 3.8) is 0 Å². The topological polar surface area (TPSA) is 80.8 Å². The molecule has 0 saturated carbocycles. The molecule has 2 fully saturated rings. The molecule has 1 spiro atoms. The van der Waals surface area contributed by atoms with Gasteiger partial charge in [-0.2, -0.15) is 0 Å². The highest BCUT2D eigenvalue weighted by Gasteiger charge is 2.74. The molecule has 2 amide bonds. The van der Waals surface area contributed by atoms with Crippen LogP contribution in [0.15, 0.2) is 72.8 Å². The van der Waals surface area contributed by atoms with Crippen molar-refractivity contribution < 1.29 is 23.9 Å². The summed E-state index contributed by atoms with van der Waals surface area (Å²) < 4.78 is 7.08. The maximum absolute atomic E-state index is 14.0. The van der Waals surface area contributed by atoms with Gasteiger partial charge in [-0.3, -0.25) is 19.2 Å². The van der Waals surface area contributed by atoms with Gasteiger partial charge in [-0.15, -0.1) is 0 Å². The van der Waals surface area contributed by atoms with E-state index in [2.05, 4.69) is 36.4 Å². The molecule has 3 aromatic carbocycles. The maximum Gasteiger partial charge on any atom is 0.241 e. The first kappa shape index (κ1) is 23.2. The molecule has 180 valence electrons. The number of anilines is 1. The Morgan fingerprint density at radius 3 is 1.97 bits per heavy atom. The first-order chi connectivity index (χ1) is 17.3. The summed E-state index contributed by atoms with van der Waals surface area (Å²) >= 11 is 2.08. The molecule has 7 heteroatoms. The molecule has 0 aromatic heterocycles. The van der Waals surface area contributed by atoms with Crippen molar-refractivity contribution in [2.45, 2.75) is 31.5 Å². The average molecular weight is 591 g/mol. The molecule has 6 nitrogen and oxygen atoms in total. The van der Waals surface area contributed by atoms with Crippen LogP contribution in [-0.2, 0) is 14.3 Å². The molecule has 2 aliphatic heterocycles. The molecular formula is C29H22INO5. The second kappa shape index (κ2) is 8.18. The minimum atomic E-state index is -2.06. The lowest BCUT2D eigenvalue weighted by Gasteiger charge is -2.27. The second-order valence-electron chi connectivity index (χ2n) is 9.77. The van der Waals surface area contributed by atoms with Crippen LogP contribution >= 0.6 is 22.6 Å². The van der Waals surface area contributed by atoms with E-state index in [-0.39, 0.29) is 11.1 Å². The van der Waals surface area contributed by atoms with Crippen molar-refractivity contribution in [1.82, 2.24) is 0 Å². The molecule has 0 unspecified atom stereocenters. The van der Waals surface area contributed by atoms with Crippen LogP contribution in [0, 0.1) is 15.4 Å². The molecule has 36 heavy (non-hydrogen) atoms. The van der Waals surface area contributed by atoms with Gasteiger partial charge in [0.2, 0.25) is 29.0 Å². The SMILES string of the molecule is CC(C)c1ccc([C@H]2OC3(C(=O)c4ccccc4C3=O)[C@@H]3C(=O)N(c4ccccc4I)C(=O)[C@H]23)cc1. The third-order valence-electron chi connectivity index (χ3n) is 7.54. The largest absolute Gasteiger partial charge is 0.349 e. The minimum Gasteiger partial charge on any atom is -0.349 e. The fourth-order valence-electron chi connectivity index (χ4n) is 5.76. The van der Waals surface area contributed by atoms with Gasteiger partial charge in [0, 0.05) is 14.7 Å². The van der Waals surface area contributed by atoms with Crippen LogP contribution in [0.4, 0.5) is 5.69 Å². The Kier molecular flexibility index (Phi) is 5.28. The number of amides is 2. The van der Waals surface area contributed by atoms with Crippen molar-refractivity contribution in [3.8, 4) is 0 Å². The van der Waals surface area contributed by atoms with Crippen molar-refractivity contribution in [2.75, 3.05) is 4.90 Å². The van der Waals surface area contributed by atoms with Crippen molar-refractivity contribution >= 4 is 51.7 Å². The standard InChI is InChI=1S/C29H22INO5/c1-15(2)16-11-13-17(14-12-16)24-22-23(28(35)31(27(22)34)21-10-6-5-9-20(21)30)29(36-24)25(32)18-7-3-4-8-19(18)26(29)33/h3-15,22-24H,1-2H3/t22-,23-,24+/m0/s1. The van der Waals surface area contributed by atoms with Crippen LogP contribution in [0.5, 0.6) is 0 Å². The normalized spacial score (nSPS) is 24.2. The highest BCUT2D eigenvalue weighted by Crippen LogP contribution is 2.57. The van der Waals surface area contributed by atoms with E-state index in [0.717, 1.165) is 14.0 Å². The van der Waals surface area contributed by atoms with E-state index >= 15 is 0 Å². The van der Waals surface area contributed by atoms with Crippen LogP contribution in [-0.4, -0.2) is 29.0 Å². The summed E-state index contributed by atoms with van der Waals surface area (Å²) in [6, 6.07) is 21.2. The Bertz CT molecular complexity index is 1430. The predicted octanol–water partition coefficient (Wildman–Crippen LogP) is 5.11. The van der Waals surface area contributed by atoms with Gasteiger partial charge in [0.1, 0.15) is 0 Å². The number of carbonyl (C=O) groups excluding carboxylic acids is 4. The van der Waals surface area contributed by atoms with Gasteiger partial charge in [0.05, 0.1) is 23.6 Å². The predicted molar refractivity (Wildman–Crippen MR) is 141 cm³/mol. The van der Waals surface area contributed by atoms with E-state index in [1.54, 1.807) is 42.5 Å². The first-order valence-corrected chi connectivity index (χ1v) is 12.9. The summed E-state index contributed by atoms with van der Waals surface area (Å²) in [4.78, 5) is 56.7. The number of hydrogen-bond acceptors (Lipinski definition) is 5. The Hall–Kier alpha value is -3.17. The van der Waals surface area contributed by atoms with Crippen LogP contribution in [0.1, 0.15) is 57.7 Å². The van der Waals surface area contributed by atoms with Gasteiger partial charge in [0.15, 0.2) is 0 Å². The number of hydrogen-bond donors (Lipinski definition) is 0. The lowest BCUT2D eigenvalue weighted by Crippen LogP contribution is -2.51. The fraction of sp³-hybridized carbons (Fsp3) is 0.241. The number of fused-ring (bicyclic) bond motifs is 3. The third kappa shape index (κ3) is 2.99. The van der Waals surface area contributed by atoms with E-state index < -0.39 is 46.9 Å².